The van der Waals surface area contributed by atoms with Gasteiger partial charge in [-0.25, -0.2) is 14.4 Å². The summed E-state index contributed by atoms with van der Waals surface area (Å²) in [7, 11) is 0. The number of anilines is 2. The van der Waals surface area contributed by atoms with Gasteiger partial charge in [0.05, 0.1) is 4.92 Å². The standard InChI is InChI=1S/C22H23FN6O2/c23-19-8-4-7-18(13-19)14-24-21-20(29(30)31)22(26-16-25-21)28-11-9-27(10-12-28)15-17-5-2-1-3-6-17/h1-8,13,16H,9-12,14-15H2,(H,24,25,26). The number of rotatable bonds is 7. The molecule has 0 saturated carbocycles. The van der Waals surface area contributed by atoms with Crippen molar-refractivity contribution in [2.24, 2.45) is 0 Å². The van der Waals surface area contributed by atoms with Crippen molar-refractivity contribution in [3.05, 3.63) is 88.0 Å². The molecule has 9 heteroatoms. The van der Waals surface area contributed by atoms with E-state index in [4.69, 9.17) is 0 Å². The van der Waals surface area contributed by atoms with E-state index >= 15 is 0 Å². The second kappa shape index (κ2) is 9.48. The highest BCUT2D eigenvalue weighted by Gasteiger charge is 2.29. The fourth-order valence-electron chi connectivity index (χ4n) is 3.69. The Kier molecular flexibility index (Phi) is 6.32. The van der Waals surface area contributed by atoms with E-state index in [9.17, 15) is 14.5 Å². The third-order valence-electron chi connectivity index (χ3n) is 5.26. The third-order valence-corrected chi connectivity index (χ3v) is 5.26. The first-order chi connectivity index (χ1) is 15.1. The Morgan fingerprint density at radius 3 is 2.45 bits per heavy atom. The van der Waals surface area contributed by atoms with E-state index in [0.29, 0.717) is 24.5 Å². The fraction of sp³-hybridized carbons (Fsp3) is 0.273. The van der Waals surface area contributed by atoms with E-state index in [2.05, 4.69) is 32.3 Å². The number of halogens is 1. The minimum atomic E-state index is -0.459. The van der Waals surface area contributed by atoms with Crippen LogP contribution in [-0.4, -0.2) is 46.0 Å². The molecule has 0 atom stereocenters. The lowest BCUT2D eigenvalue weighted by Crippen LogP contribution is -2.46. The molecular weight excluding hydrogens is 399 g/mol. The highest BCUT2D eigenvalue weighted by Crippen LogP contribution is 2.32. The molecule has 0 bridgehead atoms. The molecule has 0 unspecified atom stereocenters. The van der Waals surface area contributed by atoms with Crippen molar-refractivity contribution in [3.63, 3.8) is 0 Å². The van der Waals surface area contributed by atoms with Gasteiger partial charge < -0.3 is 10.2 Å². The zero-order valence-electron chi connectivity index (χ0n) is 16.9. The van der Waals surface area contributed by atoms with Crippen LogP contribution in [-0.2, 0) is 13.1 Å². The van der Waals surface area contributed by atoms with Crippen molar-refractivity contribution in [1.82, 2.24) is 14.9 Å². The molecule has 2 aromatic carbocycles. The van der Waals surface area contributed by atoms with Crippen molar-refractivity contribution in [2.75, 3.05) is 36.4 Å². The van der Waals surface area contributed by atoms with Crippen LogP contribution in [0.3, 0.4) is 0 Å². The maximum atomic E-state index is 13.4. The van der Waals surface area contributed by atoms with Crippen molar-refractivity contribution in [1.29, 1.82) is 0 Å². The van der Waals surface area contributed by atoms with E-state index in [1.807, 2.05) is 23.1 Å². The summed E-state index contributed by atoms with van der Waals surface area (Å²) < 4.78 is 13.4. The van der Waals surface area contributed by atoms with Gasteiger partial charge in [-0.3, -0.25) is 15.0 Å². The quantitative estimate of drug-likeness (QED) is 0.461. The minimum absolute atomic E-state index is 0.131. The first kappa shape index (κ1) is 20.7. The molecular formula is C22H23FN6O2. The van der Waals surface area contributed by atoms with E-state index in [-0.39, 0.29) is 23.9 Å². The summed E-state index contributed by atoms with van der Waals surface area (Å²) in [5.41, 5.74) is 1.76. The van der Waals surface area contributed by atoms with Crippen LogP contribution in [0.4, 0.5) is 21.7 Å². The second-order valence-corrected chi connectivity index (χ2v) is 7.38. The van der Waals surface area contributed by atoms with Gasteiger partial charge in [0.25, 0.3) is 0 Å². The molecule has 1 saturated heterocycles. The molecule has 4 rings (SSSR count). The van der Waals surface area contributed by atoms with Crippen LogP contribution in [0.25, 0.3) is 0 Å². The Labute approximate surface area is 179 Å². The zero-order valence-corrected chi connectivity index (χ0v) is 16.9. The lowest BCUT2D eigenvalue weighted by atomic mass is 10.2. The number of nitrogens with zero attached hydrogens (tertiary/aromatic N) is 5. The molecule has 1 aliphatic rings. The molecule has 1 aromatic heterocycles. The van der Waals surface area contributed by atoms with Gasteiger partial charge in [0.2, 0.25) is 11.6 Å². The summed E-state index contributed by atoms with van der Waals surface area (Å²) in [5.74, 6) is 0.0811. The molecule has 160 valence electrons. The SMILES string of the molecule is O=[N+]([O-])c1c(NCc2cccc(F)c2)ncnc1N1CCN(Cc2ccccc2)CC1. The molecule has 0 amide bonds. The smallest absolute Gasteiger partial charge is 0.353 e. The summed E-state index contributed by atoms with van der Waals surface area (Å²) in [5, 5.41) is 14.8. The monoisotopic (exact) mass is 422 g/mol. The minimum Gasteiger partial charge on any atom is -0.360 e. The number of aromatic nitrogens is 2. The molecule has 1 fully saturated rings. The van der Waals surface area contributed by atoms with E-state index in [1.54, 1.807) is 12.1 Å². The summed E-state index contributed by atoms with van der Waals surface area (Å²) in [6.45, 7) is 3.90. The topological polar surface area (TPSA) is 87.4 Å². The number of hydrogen-bond donors (Lipinski definition) is 1. The Morgan fingerprint density at radius 1 is 1.00 bits per heavy atom. The normalized spacial score (nSPS) is 14.4. The number of hydrogen-bond acceptors (Lipinski definition) is 7. The summed E-state index contributed by atoms with van der Waals surface area (Å²) >= 11 is 0. The summed E-state index contributed by atoms with van der Waals surface area (Å²) in [6.07, 6.45) is 1.33. The first-order valence-corrected chi connectivity index (χ1v) is 10.1. The van der Waals surface area contributed by atoms with E-state index in [1.165, 1.54) is 24.0 Å². The van der Waals surface area contributed by atoms with Crippen LogP contribution in [0.1, 0.15) is 11.1 Å². The third kappa shape index (κ3) is 5.13. The van der Waals surface area contributed by atoms with Gasteiger partial charge in [0.1, 0.15) is 12.1 Å². The maximum absolute atomic E-state index is 13.4. The van der Waals surface area contributed by atoms with Gasteiger partial charge in [-0.15, -0.1) is 0 Å². The zero-order chi connectivity index (χ0) is 21.6. The van der Waals surface area contributed by atoms with Crippen LogP contribution >= 0.6 is 0 Å². The molecule has 0 aliphatic carbocycles. The molecule has 0 radical (unpaired) electrons. The Bertz CT molecular complexity index is 1040. The highest BCUT2D eigenvalue weighted by atomic mass is 19.1. The Morgan fingerprint density at radius 2 is 1.74 bits per heavy atom. The fourth-order valence-corrected chi connectivity index (χ4v) is 3.69. The van der Waals surface area contributed by atoms with Gasteiger partial charge in [0, 0.05) is 39.3 Å². The van der Waals surface area contributed by atoms with Crippen LogP contribution < -0.4 is 10.2 Å². The van der Waals surface area contributed by atoms with E-state index in [0.717, 1.165) is 19.6 Å². The average Bonchev–Trinajstić information content (AvgIpc) is 2.78. The maximum Gasteiger partial charge on any atom is 0.353 e. The predicted molar refractivity (Wildman–Crippen MR) is 116 cm³/mol. The van der Waals surface area contributed by atoms with Gasteiger partial charge in [-0.05, 0) is 23.3 Å². The van der Waals surface area contributed by atoms with E-state index < -0.39 is 4.92 Å². The number of piperazine rings is 1. The Hall–Kier alpha value is -3.59. The molecule has 3 aromatic rings. The number of nitrogens with one attached hydrogen (secondary N) is 1. The molecule has 31 heavy (non-hydrogen) atoms. The van der Waals surface area contributed by atoms with Crippen LogP contribution in [0.2, 0.25) is 0 Å². The van der Waals surface area contributed by atoms with Gasteiger partial charge in [0.15, 0.2) is 0 Å². The van der Waals surface area contributed by atoms with Gasteiger partial charge >= 0.3 is 5.69 Å². The van der Waals surface area contributed by atoms with Crippen molar-refractivity contribution in [3.8, 4) is 0 Å². The summed E-state index contributed by atoms with van der Waals surface area (Å²) in [4.78, 5) is 23.9. The highest BCUT2D eigenvalue weighted by molar-refractivity contribution is 5.70. The average molecular weight is 422 g/mol. The molecule has 8 nitrogen and oxygen atoms in total. The molecule has 1 aliphatic heterocycles. The largest absolute Gasteiger partial charge is 0.360 e. The Balaban J connectivity index is 1.46. The van der Waals surface area contributed by atoms with Crippen LogP contribution in [0.15, 0.2) is 60.9 Å². The number of nitro groups is 1. The second-order valence-electron chi connectivity index (χ2n) is 7.38. The first-order valence-electron chi connectivity index (χ1n) is 10.1. The molecule has 1 N–H and O–H groups in total. The summed E-state index contributed by atoms with van der Waals surface area (Å²) in [6, 6.07) is 16.3. The molecule has 0 spiro atoms. The van der Waals surface area contributed by atoms with Crippen LogP contribution in [0.5, 0.6) is 0 Å². The van der Waals surface area contributed by atoms with Crippen molar-refractivity contribution in [2.45, 2.75) is 13.1 Å². The lowest BCUT2D eigenvalue weighted by Gasteiger charge is -2.35. The predicted octanol–water partition coefficient (Wildman–Crippen LogP) is 3.46. The molecule has 2 heterocycles. The van der Waals surface area contributed by atoms with Crippen LogP contribution in [0, 0.1) is 15.9 Å². The number of benzene rings is 2. The van der Waals surface area contributed by atoms with Gasteiger partial charge in [-0.1, -0.05) is 42.5 Å². The van der Waals surface area contributed by atoms with Gasteiger partial charge in [-0.2, -0.15) is 0 Å². The lowest BCUT2D eigenvalue weighted by molar-refractivity contribution is -0.383. The van der Waals surface area contributed by atoms with Crippen molar-refractivity contribution < 1.29 is 9.31 Å². The van der Waals surface area contributed by atoms with Crippen molar-refractivity contribution >= 4 is 17.3 Å².